The molecule has 22 heavy (non-hydrogen) atoms. The first-order valence-corrected chi connectivity index (χ1v) is 6.76. The van der Waals surface area contributed by atoms with E-state index in [-0.39, 0.29) is 5.76 Å². The van der Waals surface area contributed by atoms with Crippen LogP contribution in [-0.2, 0) is 4.74 Å². The second kappa shape index (κ2) is 7.09. The summed E-state index contributed by atoms with van der Waals surface area (Å²) in [7, 11) is 1.34. The van der Waals surface area contributed by atoms with Crippen LogP contribution in [0.15, 0.2) is 27.1 Å². The molecule has 0 bridgehead atoms. The highest BCUT2D eigenvalue weighted by Gasteiger charge is 2.50. The number of nitrogens with zero attached hydrogens (tertiary/aromatic N) is 4. The fraction of sp³-hybridized carbons (Fsp3) is 0.750. The summed E-state index contributed by atoms with van der Waals surface area (Å²) in [4.78, 5) is 0. The van der Waals surface area contributed by atoms with Crippen molar-refractivity contribution in [3.63, 3.8) is 0 Å². The number of aliphatic hydroxyl groups is 3. The van der Waals surface area contributed by atoms with Crippen LogP contribution in [0.2, 0.25) is 0 Å². The standard InChI is InChI=1S/C12H19FN4O5/c1-6(13)17(16-14-2)9-10(19)8(5-18)21-12(11(9)20)7-3-4-15-22-7/h3-4,6,8-12,18-20H,5H2,1-2H3/t6?,8-,9+,10+,11-,12+/m1/s1. The van der Waals surface area contributed by atoms with Gasteiger partial charge in [0.2, 0.25) is 0 Å². The molecule has 1 aliphatic rings. The molecule has 124 valence electrons. The molecule has 0 saturated carbocycles. The topological polar surface area (TPSA) is 124 Å². The Morgan fingerprint density at radius 1 is 1.45 bits per heavy atom. The van der Waals surface area contributed by atoms with Crippen molar-refractivity contribution in [2.24, 2.45) is 10.3 Å². The van der Waals surface area contributed by atoms with Crippen LogP contribution in [0, 0.1) is 0 Å². The first-order valence-electron chi connectivity index (χ1n) is 6.76. The van der Waals surface area contributed by atoms with Gasteiger partial charge in [-0.15, -0.1) is 0 Å². The van der Waals surface area contributed by atoms with E-state index < -0.39 is 43.4 Å². The van der Waals surface area contributed by atoms with Crippen molar-refractivity contribution in [1.29, 1.82) is 0 Å². The molecule has 0 aliphatic carbocycles. The molecule has 3 N–H and O–H groups in total. The number of ether oxygens (including phenoxy) is 1. The van der Waals surface area contributed by atoms with E-state index in [0.29, 0.717) is 0 Å². The van der Waals surface area contributed by atoms with E-state index in [1.54, 1.807) is 0 Å². The molecule has 0 radical (unpaired) electrons. The van der Waals surface area contributed by atoms with Crippen LogP contribution >= 0.6 is 0 Å². The molecule has 2 heterocycles. The molecule has 0 spiro atoms. The summed E-state index contributed by atoms with van der Waals surface area (Å²) in [5.41, 5.74) is 0. The summed E-state index contributed by atoms with van der Waals surface area (Å²) in [5.74, 6) is 0.197. The lowest BCUT2D eigenvalue weighted by atomic mass is 9.91. The quantitative estimate of drug-likeness (QED) is 0.390. The Morgan fingerprint density at radius 3 is 2.68 bits per heavy atom. The third-order valence-electron chi connectivity index (χ3n) is 3.49. The first-order chi connectivity index (χ1) is 10.5. The number of halogens is 1. The zero-order valence-corrected chi connectivity index (χ0v) is 12.2. The first kappa shape index (κ1) is 16.7. The molecule has 0 amide bonds. The Morgan fingerprint density at radius 2 is 2.18 bits per heavy atom. The Bertz CT molecular complexity index is 486. The molecule has 1 unspecified atom stereocenters. The van der Waals surface area contributed by atoms with Gasteiger partial charge in [-0.3, -0.25) is 0 Å². The van der Waals surface area contributed by atoms with Gasteiger partial charge in [-0.25, -0.2) is 9.40 Å². The van der Waals surface area contributed by atoms with Crippen LogP contribution in [0.1, 0.15) is 18.8 Å². The Kier molecular flexibility index (Phi) is 5.40. The zero-order valence-electron chi connectivity index (χ0n) is 12.2. The number of aromatic nitrogens is 1. The van der Waals surface area contributed by atoms with Gasteiger partial charge in [-0.05, 0) is 6.92 Å². The molecule has 1 aromatic heterocycles. The fourth-order valence-electron chi connectivity index (χ4n) is 2.49. The van der Waals surface area contributed by atoms with Crippen molar-refractivity contribution < 1.29 is 29.0 Å². The van der Waals surface area contributed by atoms with Gasteiger partial charge in [-0.1, -0.05) is 10.4 Å². The van der Waals surface area contributed by atoms with Crippen molar-refractivity contribution in [3.8, 4) is 0 Å². The number of hydrogen-bond acceptors (Lipinski definition) is 8. The second-order valence-corrected chi connectivity index (χ2v) is 4.91. The largest absolute Gasteiger partial charge is 0.394 e. The third-order valence-corrected chi connectivity index (χ3v) is 3.49. The van der Waals surface area contributed by atoms with Crippen molar-refractivity contribution in [3.05, 3.63) is 18.0 Å². The van der Waals surface area contributed by atoms with Crippen molar-refractivity contribution in [2.75, 3.05) is 13.7 Å². The highest BCUT2D eigenvalue weighted by Crippen LogP contribution is 2.35. The van der Waals surface area contributed by atoms with Crippen LogP contribution in [0.5, 0.6) is 0 Å². The molecular weight excluding hydrogens is 299 g/mol. The van der Waals surface area contributed by atoms with Gasteiger partial charge in [0, 0.05) is 6.07 Å². The smallest absolute Gasteiger partial charge is 0.186 e. The van der Waals surface area contributed by atoms with E-state index in [2.05, 4.69) is 15.5 Å². The van der Waals surface area contributed by atoms with Gasteiger partial charge in [0.15, 0.2) is 12.1 Å². The number of rotatable bonds is 5. The highest BCUT2D eigenvalue weighted by molar-refractivity contribution is 5.07. The minimum atomic E-state index is -1.62. The Balaban J connectivity index is 2.35. The highest BCUT2D eigenvalue weighted by atomic mass is 19.1. The normalized spacial score (nSPS) is 34.0. The van der Waals surface area contributed by atoms with E-state index in [0.717, 1.165) is 5.01 Å². The van der Waals surface area contributed by atoms with Crippen LogP contribution < -0.4 is 0 Å². The molecule has 10 heteroatoms. The van der Waals surface area contributed by atoms with Crippen molar-refractivity contribution in [1.82, 2.24) is 10.2 Å². The van der Waals surface area contributed by atoms with Gasteiger partial charge in [-0.2, -0.15) is 5.11 Å². The zero-order chi connectivity index (χ0) is 16.3. The molecule has 1 aliphatic heterocycles. The molecule has 1 fully saturated rings. The maximum atomic E-state index is 13.8. The van der Waals surface area contributed by atoms with E-state index in [1.807, 2.05) is 0 Å². The van der Waals surface area contributed by atoms with Crippen LogP contribution in [0.3, 0.4) is 0 Å². The average molecular weight is 318 g/mol. The monoisotopic (exact) mass is 318 g/mol. The summed E-state index contributed by atoms with van der Waals surface area (Å²) in [6.07, 6.45) is -5.07. The maximum Gasteiger partial charge on any atom is 0.186 e. The summed E-state index contributed by atoms with van der Waals surface area (Å²) in [6, 6.07) is 0.298. The Labute approximate surface area is 126 Å². The lowest BCUT2D eigenvalue weighted by molar-refractivity contribution is -0.231. The van der Waals surface area contributed by atoms with Crippen LogP contribution in [0.25, 0.3) is 0 Å². The summed E-state index contributed by atoms with van der Waals surface area (Å²) in [6.45, 7) is 0.674. The van der Waals surface area contributed by atoms with Gasteiger partial charge in [0.05, 0.1) is 19.9 Å². The van der Waals surface area contributed by atoms with Gasteiger partial charge >= 0.3 is 0 Å². The molecule has 9 nitrogen and oxygen atoms in total. The van der Waals surface area contributed by atoms with Crippen LogP contribution in [-0.4, -0.2) is 69.8 Å². The number of hydrogen-bond donors (Lipinski definition) is 3. The number of alkyl halides is 1. The van der Waals surface area contributed by atoms with Crippen molar-refractivity contribution >= 4 is 0 Å². The Hall–Kier alpha value is -1.62. The van der Waals surface area contributed by atoms with E-state index >= 15 is 0 Å². The lowest BCUT2D eigenvalue weighted by Gasteiger charge is -2.45. The molecule has 2 rings (SSSR count). The average Bonchev–Trinajstić information content (AvgIpc) is 3.00. The minimum Gasteiger partial charge on any atom is -0.394 e. The fourth-order valence-corrected chi connectivity index (χ4v) is 2.49. The van der Waals surface area contributed by atoms with Crippen molar-refractivity contribution in [2.45, 2.75) is 43.7 Å². The molecule has 6 atom stereocenters. The van der Waals surface area contributed by atoms with Gasteiger partial charge < -0.3 is 24.6 Å². The third kappa shape index (κ3) is 3.09. The van der Waals surface area contributed by atoms with Crippen LogP contribution in [0.4, 0.5) is 4.39 Å². The SMILES string of the molecule is CN=NN(C(C)F)[C@H]1[C@@H](O)[C@@H](CO)O[C@@H](c2ccno2)[C@@H]1O. The van der Waals surface area contributed by atoms with Gasteiger partial charge in [0.1, 0.15) is 30.5 Å². The second-order valence-electron chi connectivity index (χ2n) is 4.91. The van der Waals surface area contributed by atoms with E-state index in [1.165, 1.54) is 26.2 Å². The van der Waals surface area contributed by atoms with E-state index in [9.17, 15) is 19.7 Å². The molecule has 1 saturated heterocycles. The molecular formula is C12H19FN4O5. The predicted molar refractivity (Wildman–Crippen MR) is 70.2 cm³/mol. The maximum absolute atomic E-state index is 13.8. The van der Waals surface area contributed by atoms with Gasteiger partial charge in [0.25, 0.3) is 0 Å². The summed E-state index contributed by atoms with van der Waals surface area (Å²) >= 11 is 0. The van der Waals surface area contributed by atoms with E-state index in [4.69, 9.17) is 9.26 Å². The summed E-state index contributed by atoms with van der Waals surface area (Å²) in [5, 5.41) is 41.5. The number of aliphatic hydroxyl groups excluding tert-OH is 3. The predicted octanol–water partition coefficient (Wildman–Crippen LogP) is -0.188. The minimum absolute atomic E-state index is 0.197. The molecule has 0 aromatic carbocycles. The molecule has 1 aromatic rings. The lowest BCUT2D eigenvalue weighted by Crippen LogP contribution is -2.61. The summed E-state index contributed by atoms with van der Waals surface area (Å²) < 4.78 is 24.2.